The highest BCUT2D eigenvalue weighted by Gasteiger charge is 2.17. The third kappa shape index (κ3) is 6.19. The molecule has 0 aliphatic heterocycles. The zero-order valence-electron chi connectivity index (χ0n) is 17.1. The first kappa shape index (κ1) is 23.2. The topological polar surface area (TPSA) is 120 Å². The molecule has 2 N–H and O–H groups in total. The molecule has 0 atom stereocenters. The molecule has 10 heteroatoms. The van der Waals surface area contributed by atoms with Crippen molar-refractivity contribution in [1.82, 2.24) is 4.72 Å². The summed E-state index contributed by atoms with van der Waals surface area (Å²) in [5.74, 6) is -0.609. The van der Waals surface area contributed by atoms with Crippen LogP contribution in [-0.2, 0) is 24.3 Å². The standard InChI is InChI=1S/C20H24N2O7S/c1-13-5-7-16(9-14(13)2)30(25,26)21-11-20(24)29-12-19(23)22-17-10-15(27-3)6-8-18(17)28-4/h5-10,21H,11-12H2,1-4H3,(H,22,23). The normalized spacial score (nSPS) is 10.9. The van der Waals surface area contributed by atoms with E-state index >= 15 is 0 Å². The minimum atomic E-state index is -3.88. The average Bonchev–Trinajstić information content (AvgIpc) is 2.72. The zero-order valence-corrected chi connectivity index (χ0v) is 18.0. The molecule has 0 radical (unpaired) electrons. The first-order valence-electron chi connectivity index (χ1n) is 8.90. The lowest BCUT2D eigenvalue weighted by molar-refractivity contribution is -0.146. The minimum Gasteiger partial charge on any atom is -0.497 e. The Bertz CT molecular complexity index is 1040. The third-order valence-corrected chi connectivity index (χ3v) is 5.64. The molecule has 30 heavy (non-hydrogen) atoms. The smallest absolute Gasteiger partial charge is 0.321 e. The van der Waals surface area contributed by atoms with Crippen LogP contribution < -0.4 is 19.5 Å². The zero-order chi connectivity index (χ0) is 22.3. The Kier molecular flexibility index (Phi) is 7.79. The molecule has 0 aliphatic rings. The summed E-state index contributed by atoms with van der Waals surface area (Å²) in [6.45, 7) is 2.46. The number of esters is 1. The first-order chi connectivity index (χ1) is 14.2. The second-order valence-corrected chi connectivity index (χ2v) is 8.11. The van der Waals surface area contributed by atoms with Gasteiger partial charge in [0.2, 0.25) is 10.0 Å². The van der Waals surface area contributed by atoms with E-state index in [2.05, 4.69) is 10.0 Å². The largest absolute Gasteiger partial charge is 0.497 e. The monoisotopic (exact) mass is 436 g/mol. The molecule has 1 amide bonds. The fourth-order valence-electron chi connectivity index (χ4n) is 2.41. The van der Waals surface area contributed by atoms with Gasteiger partial charge in [0.05, 0.1) is 24.8 Å². The molecule has 0 unspecified atom stereocenters. The van der Waals surface area contributed by atoms with Gasteiger partial charge in [-0.05, 0) is 49.2 Å². The number of sulfonamides is 1. The molecule has 0 fully saturated rings. The van der Waals surface area contributed by atoms with Crippen LogP contribution >= 0.6 is 0 Å². The van der Waals surface area contributed by atoms with E-state index in [1.54, 1.807) is 31.2 Å². The summed E-state index contributed by atoms with van der Waals surface area (Å²) in [7, 11) is -0.956. The van der Waals surface area contributed by atoms with Crippen LogP contribution in [0.1, 0.15) is 11.1 Å². The van der Waals surface area contributed by atoms with Crippen LogP contribution in [0.2, 0.25) is 0 Å². The van der Waals surface area contributed by atoms with E-state index in [1.165, 1.54) is 26.4 Å². The molecule has 162 valence electrons. The van der Waals surface area contributed by atoms with E-state index in [0.717, 1.165) is 11.1 Å². The second-order valence-electron chi connectivity index (χ2n) is 6.35. The molecule has 2 aromatic rings. The fourth-order valence-corrected chi connectivity index (χ4v) is 3.47. The van der Waals surface area contributed by atoms with Crippen molar-refractivity contribution >= 4 is 27.6 Å². The lowest BCUT2D eigenvalue weighted by atomic mass is 10.1. The number of ether oxygens (including phenoxy) is 3. The van der Waals surface area contributed by atoms with Crippen molar-refractivity contribution in [3.8, 4) is 11.5 Å². The summed E-state index contributed by atoms with van der Waals surface area (Å²) >= 11 is 0. The van der Waals surface area contributed by atoms with Gasteiger partial charge in [-0.3, -0.25) is 9.59 Å². The Morgan fingerprint density at radius 2 is 1.70 bits per heavy atom. The van der Waals surface area contributed by atoms with Gasteiger partial charge in [0.1, 0.15) is 18.0 Å². The number of methoxy groups -OCH3 is 2. The Labute approximate surface area is 175 Å². The van der Waals surface area contributed by atoms with Gasteiger partial charge in [0.25, 0.3) is 5.91 Å². The Morgan fingerprint density at radius 3 is 2.33 bits per heavy atom. The van der Waals surface area contributed by atoms with Crippen molar-refractivity contribution in [2.24, 2.45) is 0 Å². The third-order valence-electron chi connectivity index (χ3n) is 4.24. The molecule has 0 saturated heterocycles. The minimum absolute atomic E-state index is 0.0428. The number of hydrogen-bond donors (Lipinski definition) is 2. The van der Waals surface area contributed by atoms with Gasteiger partial charge in [0, 0.05) is 6.07 Å². The number of rotatable bonds is 9. The number of aryl methyl sites for hydroxylation is 2. The molecule has 9 nitrogen and oxygen atoms in total. The van der Waals surface area contributed by atoms with Gasteiger partial charge in [-0.2, -0.15) is 4.72 Å². The molecule has 0 saturated carbocycles. The summed E-state index contributed by atoms with van der Waals surface area (Å²) in [6, 6.07) is 9.47. The summed E-state index contributed by atoms with van der Waals surface area (Å²) in [5.41, 5.74) is 2.10. The maximum atomic E-state index is 12.3. The number of nitrogens with one attached hydrogen (secondary N) is 2. The molecule has 0 bridgehead atoms. The van der Waals surface area contributed by atoms with E-state index in [1.807, 2.05) is 6.92 Å². The molecular formula is C20H24N2O7S. The van der Waals surface area contributed by atoms with Crippen molar-refractivity contribution in [1.29, 1.82) is 0 Å². The summed E-state index contributed by atoms with van der Waals surface area (Å²) in [4.78, 5) is 23.9. The van der Waals surface area contributed by atoms with Gasteiger partial charge >= 0.3 is 5.97 Å². The van der Waals surface area contributed by atoms with Gasteiger partial charge < -0.3 is 19.5 Å². The lowest BCUT2D eigenvalue weighted by Crippen LogP contribution is -2.32. The fraction of sp³-hybridized carbons (Fsp3) is 0.300. The van der Waals surface area contributed by atoms with E-state index in [9.17, 15) is 18.0 Å². The van der Waals surface area contributed by atoms with E-state index in [-0.39, 0.29) is 4.90 Å². The van der Waals surface area contributed by atoms with E-state index in [0.29, 0.717) is 17.2 Å². The predicted octanol–water partition coefficient (Wildman–Crippen LogP) is 1.78. The van der Waals surface area contributed by atoms with Gasteiger partial charge in [0.15, 0.2) is 6.61 Å². The van der Waals surface area contributed by atoms with Gasteiger partial charge in [-0.25, -0.2) is 8.42 Å². The summed E-state index contributed by atoms with van der Waals surface area (Å²) < 4.78 is 41.8. The average molecular weight is 436 g/mol. The Balaban J connectivity index is 1.88. The highest BCUT2D eigenvalue weighted by Crippen LogP contribution is 2.28. The van der Waals surface area contributed by atoms with E-state index < -0.39 is 35.1 Å². The van der Waals surface area contributed by atoms with Crippen LogP contribution in [-0.4, -0.2) is 47.7 Å². The van der Waals surface area contributed by atoms with Crippen LogP contribution in [0, 0.1) is 13.8 Å². The summed E-state index contributed by atoms with van der Waals surface area (Å²) in [6.07, 6.45) is 0. The van der Waals surface area contributed by atoms with Crippen molar-refractivity contribution < 1.29 is 32.2 Å². The molecule has 0 heterocycles. The number of carbonyl (C=O) groups excluding carboxylic acids is 2. The molecule has 0 aliphatic carbocycles. The Hall–Kier alpha value is -3.11. The van der Waals surface area contributed by atoms with Gasteiger partial charge in [-0.15, -0.1) is 0 Å². The first-order valence-corrected chi connectivity index (χ1v) is 10.4. The SMILES string of the molecule is COc1ccc(OC)c(NC(=O)COC(=O)CNS(=O)(=O)c2ccc(C)c(C)c2)c1. The molecular weight excluding hydrogens is 412 g/mol. The van der Waals surface area contributed by atoms with Crippen molar-refractivity contribution in [3.63, 3.8) is 0 Å². The van der Waals surface area contributed by atoms with Crippen molar-refractivity contribution in [2.45, 2.75) is 18.7 Å². The number of benzene rings is 2. The maximum Gasteiger partial charge on any atom is 0.321 e. The number of carbonyl (C=O) groups is 2. The number of anilines is 1. The van der Waals surface area contributed by atoms with Crippen LogP contribution in [0.15, 0.2) is 41.3 Å². The maximum absolute atomic E-state index is 12.3. The summed E-state index contributed by atoms with van der Waals surface area (Å²) in [5, 5.41) is 2.54. The van der Waals surface area contributed by atoms with Crippen molar-refractivity contribution in [2.75, 3.05) is 32.7 Å². The van der Waals surface area contributed by atoms with Crippen molar-refractivity contribution in [3.05, 3.63) is 47.5 Å². The number of hydrogen-bond acceptors (Lipinski definition) is 7. The quantitative estimate of drug-likeness (QED) is 0.575. The van der Waals surface area contributed by atoms with Crippen LogP contribution in [0.25, 0.3) is 0 Å². The predicted molar refractivity (Wildman–Crippen MR) is 110 cm³/mol. The Morgan fingerprint density at radius 1 is 0.967 bits per heavy atom. The number of amides is 1. The lowest BCUT2D eigenvalue weighted by Gasteiger charge is -2.12. The second kappa shape index (κ2) is 10.1. The molecule has 2 rings (SSSR count). The van der Waals surface area contributed by atoms with Crippen LogP contribution in [0.5, 0.6) is 11.5 Å². The molecule has 0 spiro atoms. The highest BCUT2D eigenvalue weighted by atomic mass is 32.2. The highest BCUT2D eigenvalue weighted by molar-refractivity contribution is 7.89. The molecule has 0 aromatic heterocycles. The molecule has 2 aromatic carbocycles. The van der Waals surface area contributed by atoms with Crippen LogP contribution in [0.3, 0.4) is 0 Å². The van der Waals surface area contributed by atoms with Crippen LogP contribution in [0.4, 0.5) is 5.69 Å². The van der Waals surface area contributed by atoms with Gasteiger partial charge in [-0.1, -0.05) is 6.07 Å². The van der Waals surface area contributed by atoms with E-state index in [4.69, 9.17) is 14.2 Å².